The van der Waals surface area contributed by atoms with Gasteiger partial charge in [0.1, 0.15) is 11.6 Å². The molecule has 1 aromatic carbocycles. The van der Waals surface area contributed by atoms with Gasteiger partial charge < -0.3 is 14.9 Å². The number of halogens is 1. The Balaban J connectivity index is 2.09. The van der Waals surface area contributed by atoms with Crippen LogP contribution in [0.3, 0.4) is 0 Å². The highest BCUT2D eigenvalue weighted by molar-refractivity contribution is 7.98. The zero-order chi connectivity index (χ0) is 14.7. The first-order valence-corrected chi connectivity index (χ1v) is 6.85. The number of carbonyl (C=O) groups is 1. The average molecular weight is 295 g/mol. The summed E-state index contributed by atoms with van der Waals surface area (Å²) in [5, 5.41) is 0. The number of thioether (sulfide) groups is 1. The number of esters is 1. The van der Waals surface area contributed by atoms with Crippen molar-refractivity contribution in [2.45, 2.75) is 17.6 Å². The molecule has 106 valence electrons. The minimum atomic E-state index is -0.500. The van der Waals surface area contributed by atoms with E-state index in [1.54, 1.807) is 19.1 Å². The lowest BCUT2D eigenvalue weighted by molar-refractivity contribution is 0.0562. The van der Waals surface area contributed by atoms with Crippen LogP contribution in [-0.2, 0) is 10.5 Å². The Morgan fingerprint density at radius 3 is 2.85 bits per heavy atom. The van der Waals surface area contributed by atoms with Gasteiger partial charge in [-0.15, -0.1) is 11.8 Å². The van der Waals surface area contributed by atoms with E-state index in [-0.39, 0.29) is 11.6 Å². The van der Waals surface area contributed by atoms with Crippen LogP contribution in [0.15, 0.2) is 33.6 Å². The summed E-state index contributed by atoms with van der Waals surface area (Å²) in [5.41, 5.74) is 6.83. The predicted octanol–water partition coefficient (Wildman–Crippen LogP) is 3.39. The molecule has 1 aromatic heterocycles. The van der Waals surface area contributed by atoms with E-state index in [1.165, 1.54) is 31.0 Å². The molecule has 6 heteroatoms. The number of carbonyl (C=O) groups excluding carboxylic acids is 1. The topological polar surface area (TPSA) is 65.5 Å². The third-order valence-electron chi connectivity index (χ3n) is 2.68. The smallest absolute Gasteiger partial charge is 0.374 e. The molecule has 0 bridgehead atoms. The van der Waals surface area contributed by atoms with E-state index in [9.17, 15) is 9.18 Å². The second-order valence-corrected chi connectivity index (χ2v) is 5.20. The van der Waals surface area contributed by atoms with E-state index in [2.05, 4.69) is 4.74 Å². The van der Waals surface area contributed by atoms with Gasteiger partial charge in [-0.1, -0.05) is 0 Å². The Labute approximate surface area is 120 Å². The zero-order valence-electron chi connectivity index (χ0n) is 11.1. The lowest BCUT2D eigenvalue weighted by Gasteiger charge is -2.03. The molecule has 0 fully saturated rings. The van der Waals surface area contributed by atoms with Gasteiger partial charge in [0, 0.05) is 16.1 Å². The molecule has 0 atom stereocenters. The van der Waals surface area contributed by atoms with Crippen molar-refractivity contribution in [3.8, 4) is 0 Å². The molecule has 0 aliphatic rings. The zero-order valence-corrected chi connectivity index (χ0v) is 11.9. The summed E-state index contributed by atoms with van der Waals surface area (Å²) in [6.07, 6.45) is 0. The number of hydrogen-bond donors (Lipinski definition) is 1. The molecule has 0 saturated heterocycles. The van der Waals surface area contributed by atoms with Crippen LogP contribution in [0.25, 0.3) is 0 Å². The summed E-state index contributed by atoms with van der Waals surface area (Å²) in [4.78, 5) is 12.2. The lowest BCUT2D eigenvalue weighted by atomic mass is 10.3. The Morgan fingerprint density at radius 2 is 2.20 bits per heavy atom. The number of aryl methyl sites for hydroxylation is 1. The Hall–Kier alpha value is -1.95. The number of nitrogens with two attached hydrogens (primary N) is 1. The highest BCUT2D eigenvalue weighted by Gasteiger charge is 2.16. The van der Waals surface area contributed by atoms with Crippen molar-refractivity contribution >= 4 is 23.4 Å². The summed E-state index contributed by atoms with van der Waals surface area (Å²) in [6.45, 7) is 1.77. The molecule has 0 saturated carbocycles. The van der Waals surface area contributed by atoms with Gasteiger partial charge in [-0.05, 0) is 31.2 Å². The van der Waals surface area contributed by atoms with Crippen LogP contribution < -0.4 is 5.73 Å². The van der Waals surface area contributed by atoms with Crippen LogP contribution in [0.4, 0.5) is 10.1 Å². The van der Waals surface area contributed by atoms with Crippen molar-refractivity contribution in [2.75, 3.05) is 12.8 Å². The minimum absolute atomic E-state index is 0.204. The number of furan rings is 1. The second-order valence-electron chi connectivity index (χ2n) is 4.19. The molecule has 0 aliphatic heterocycles. The van der Waals surface area contributed by atoms with E-state index < -0.39 is 5.97 Å². The molecule has 0 radical (unpaired) electrons. The number of hydrogen-bond acceptors (Lipinski definition) is 5. The summed E-state index contributed by atoms with van der Waals surface area (Å²) >= 11 is 1.41. The van der Waals surface area contributed by atoms with Crippen molar-refractivity contribution in [3.05, 3.63) is 47.2 Å². The van der Waals surface area contributed by atoms with Gasteiger partial charge in [0.25, 0.3) is 0 Å². The third-order valence-corrected chi connectivity index (χ3v) is 3.79. The van der Waals surface area contributed by atoms with Crippen molar-refractivity contribution in [1.82, 2.24) is 0 Å². The fourth-order valence-electron chi connectivity index (χ4n) is 1.71. The molecule has 2 aromatic rings. The molecule has 0 spiro atoms. The summed E-state index contributed by atoms with van der Waals surface area (Å²) in [5.74, 6) is 0.466. The number of anilines is 1. The number of rotatable bonds is 4. The lowest BCUT2D eigenvalue weighted by Crippen LogP contribution is -2.00. The van der Waals surface area contributed by atoms with E-state index in [1.807, 2.05) is 0 Å². The van der Waals surface area contributed by atoms with E-state index in [0.29, 0.717) is 17.2 Å². The molecular formula is C14H14FNO3S. The standard InChI is InChI=1S/C14H14FNO3S/c1-8-5-10(19-13(8)14(17)18-2)7-20-12-4-3-9(15)6-11(12)16/h3-6H,7,16H2,1-2H3. The first-order valence-electron chi connectivity index (χ1n) is 5.86. The van der Waals surface area contributed by atoms with Crippen LogP contribution >= 0.6 is 11.8 Å². The van der Waals surface area contributed by atoms with Crippen molar-refractivity contribution in [3.63, 3.8) is 0 Å². The van der Waals surface area contributed by atoms with Crippen molar-refractivity contribution < 1.29 is 18.3 Å². The maximum atomic E-state index is 12.9. The van der Waals surface area contributed by atoms with Crippen LogP contribution in [0.2, 0.25) is 0 Å². The highest BCUT2D eigenvalue weighted by Crippen LogP contribution is 2.30. The molecule has 0 unspecified atom stereocenters. The average Bonchev–Trinajstić information content (AvgIpc) is 2.78. The van der Waals surface area contributed by atoms with Crippen molar-refractivity contribution in [1.29, 1.82) is 0 Å². The number of benzene rings is 1. The van der Waals surface area contributed by atoms with E-state index in [4.69, 9.17) is 10.2 Å². The Morgan fingerprint density at radius 1 is 1.45 bits per heavy atom. The molecule has 1 heterocycles. The Kier molecular flexibility index (Phi) is 4.34. The van der Waals surface area contributed by atoms with Gasteiger partial charge in [0.15, 0.2) is 0 Å². The largest absolute Gasteiger partial charge is 0.463 e. The second kappa shape index (κ2) is 6.00. The van der Waals surface area contributed by atoms with Gasteiger partial charge in [-0.25, -0.2) is 9.18 Å². The fraction of sp³-hybridized carbons (Fsp3) is 0.214. The maximum Gasteiger partial charge on any atom is 0.374 e. The number of methoxy groups -OCH3 is 1. The quantitative estimate of drug-likeness (QED) is 0.532. The van der Waals surface area contributed by atoms with Crippen LogP contribution in [0.5, 0.6) is 0 Å². The molecular weight excluding hydrogens is 281 g/mol. The summed E-state index contributed by atoms with van der Waals surface area (Å²) < 4.78 is 23.0. The molecule has 4 nitrogen and oxygen atoms in total. The predicted molar refractivity (Wildman–Crippen MR) is 75.2 cm³/mol. The van der Waals surface area contributed by atoms with Gasteiger partial charge in [-0.2, -0.15) is 0 Å². The van der Waals surface area contributed by atoms with E-state index in [0.717, 1.165) is 10.5 Å². The molecule has 2 rings (SSSR count). The van der Waals surface area contributed by atoms with Crippen LogP contribution in [0.1, 0.15) is 21.9 Å². The van der Waals surface area contributed by atoms with Crippen molar-refractivity contribution in [2.24, 2.45) is 0 Å². The van der Waals surface area contributed by atoms with Gasteiger partial charge >= 0.3 is 5.97 Å². The Bertz CT molecular complexity index is 639. The first-order chi connectivity index (χ1) is 9.51. The first kappa shape index (κ1) is 14.5. The van der Waals surface area contributed by atoms with Crippen LogP contribution in [-0.4, -0.2) is 13.1 Å². The molecule has 0 aliphatic carbocycles. The fourth-order valence-corrected chi connectivity index (χ4v) is 2.54. The SMILES string of the molecule is COC(=O)c1oc(CSc2ccc(F)cc2N)cc1C. The van der Waals surface area contributed by atoms with Gasteiger partial charge in [0.05, 0.1) is 12.9 Å². The summed E-state index contributed by atoms with van der Waals surface area (Å²) in [7, 11) is 1.30. The van der Waals surface area contributed by atoms with Gasteiger partial charge in [-0.3, -0.25) is 0 Å². The highest BCUT2D eigenvalue weighted by atomic mass is 32.2. The monoisotopic (exact) mass is 295 g/mol. The molecule has 2 N–H and O–H groups in total. The normalized spacial score (nSPS) is 10.6. The van der Waals surface area contributed by atoms with Crippen LogP contribution in [0, 0.1) is 12.7 Å². The minimum Gasteiger partial charge on any atom is -0.463 e. The maximum absolute atomic E-state index is 12.9. The molecule has 20 heavy (non-hydrogen) atoms. The number of nitrogen functional groups attached to an aromatic ring is 1. The van der Waals surface area contributed by atoms with E-state index >= 15 is 0 Å². The molecule has 0 amide bonds. The third kappa shape index (κ3) is 3.14. The number of ether oxygens (including phenoxy) is 1. The summed E-state index contributed by atoms with van der Waals surface area (Å²) in [6, 6.07) is 6.02. The van der Waals surface area contributed by atoms with Gasteiger partial charge in [0.2, 0.25) is 5.76 Å².